The summed E-state index contributed by atoms with van der Waals surface area (Å²) in [5.41, 5.74) is 0. The van der Waals surface area contributed by atoms with E-state index in [2.05, 4.69) is 5.32 Å². The largest absolute Gasteiger partial charge is 0.373 e. The molecule has 2 aliphatic heterocycles. The molecule has 0 spiro atoms. The molecule has 2 rings (SSSR count). The molecule has 0 saturated carbocycles. The van der Waals surface area contributed by atoms with E-state index >= 15 is 0 Å². The molecule has 1 N–H and O–H groups in total. The maximum Gasteiger partial charge on any atom is 0.282 e. The number of nitrogens with zero attached hydrogens (tertiary/aromatic N) is 2. The van der Waals surface area contributed by atoms with Gasteiger partial charge in [-0.05, 0) is 13.8 Å². The summed E-state index contributed by atoms with van der Waals surface area (Å²) < 4.78 is 33.3. The number of hydrogen-bond donors (Lipinski definition) is 1. The first-order valence-corrected chi connectivity index (χ1v) is 7.40. The van der Waals surface area contributed by atoms with Gasteiger partial charge >= 0.3 is 0 Å². The lowest BCUT2D eigenvalue weighted by Gasteiger charge is -2.40. The molecule has 6 nitrogen and oxygen atoms in total. The van der Waals surface area contributed by atoms with Gasteiger partial charge in [0, 0.05) is 33.2 Å². The summed E-state index contributed by atoms with van der Waals surface area (Å²) >= 11 is 0. The van der Waals surface area contributed by atoms with Gasteiger partial charge in [0.05, 0.1) is 18.2 Å². The van der Waals surface area contributed by atoms with Crippen molar-refractivity contribution < 1.29 is 13.2 Å². The van der Waals surface area contributed by atoms with Gasteiger partial charge in [-0.25, -0.2) is 0 Å². The highest BCUT2D eigenvalue weighted by Gasteiger charge is 2.38. The van der Waals surface area contributed by atoms with Crippen molar-refractivity contribution in [1.82, 2.24) is 13.9 Å². The SMILES string of the molecule is CC1CN(S(=O)(=O)N(C)C2CNC2)CC(C)O1.Cl. The van der Waals surface area contributed by atoms with Crippen molar-refractivity contribution in [2.45, 2.75) is 32.1 Å². The quantitative estimate of drug-likeness (QED) is 0.775. The van der Waals surface area contributed by atoms with Gasteiger partial charge in [-0.3, -0.25) is 0 Å². The number of ether oxygens (including phenoxy) is 1. The predicted octanol–water partition coefficient (Wildman–Crippen LogP) is -0.334. The van der Waals surface area contributed by atoms with Gasteiger partial charge in [0.1, 0.15) is 0 Å². The Morgan fingerprint density at radius 2 is 1.72 bits per heavy atom. The van der Waals surface area contributed by atoms with Crippen LogP contribution in [0.15, 0.2) is 0 Å². The summed E-state index contributed by atoms with van der Waals surface area (Å²) in [7, 11) is -1.68. The molecule has 2 fully saturated rings. The van der Waals surface area contributed by atoms with Crippen LogP contribution in [0.3, 0.4) is 0 Å². The summed E-state index contributed by atoms with van der Waals surface area (Å²) in [4.78, 5) is 0. The fourth-order valence-electron chi connectivity index (χ4n) is 2.22. The van der Waals surface area contributed by atoms with Crippen LogP contribution >= 0.6 is 12.4 Å². The second-order valence-electron chi connectivity index (χ2n) is 4.91. The van der Waals surface area contributed by atoms with E-state index in [1.807, 2.05) is 13.8 Å². The molecule has 108 valence electrons. The molecular formula is C10H22ClN3O3S. The van der Waals surface area contributed by atoms with Crippen LogP contribution in [0.1, 0.15) is 13.8 Å². The lowest BCUT2D eigenvalue weighted by atomic mass is 10.2. The smallest absolute Gasteiger partial charge is 0.282 e. The minimum absolute atomic E-state index is 0. The minimum atomic E-state index is -3.34. The van der Waals surface area contributed by atoms with E-state index < -0.39 is 10.2 Å². The lowest BCUT2D eigenvalue weighted by Crippen LogP contribution is -2.61. The average Bonchev–Trinajstić information content (AvgIpc) is 2.13. The second-order valence-corrected chi connectivity index (χ2v) is 6.90. The van der Waals surface area contributed by atoms with Gasteiger partial charge in [-0.1, -0.05) is 0 Å². The molecule has 2 unspecified atom stereocenters. The van der Waals surface area contributed by atoms with Gasteiger partial charge in [0.15, 0.2) is 0 Å². The van der Waals surface area contributed by atoms with E-state index in [9.17, 15) is 8.42 Å². The Labute approximate surface area is 115 Å². The minimum Gasteiger partial charge on any atom is -0.373 e. The van der Waals surface area contributed by atoms with Gasteiger partial charge < -0.3 is 10.1 Å². The fraction of sp³-hybridized carbons (Fsp3) is 1.00. The zero-order chi connectivity index (χ0) is 12.6. The fourth-order valence-corrected chi connectivity index (χ4v) is 3.91. The molecule has 0 aromatic rings. The molecule has 2 aliphatic rings. The molecule has 0 bridgehead atoms. The summed E-state index contributed by atoms with van der Waals surface area (Å²) in [5, 5.41) is 3.09. The van der Waals surface area contributed by atoms with E-state index in [0.717, 1.165) is 13.1 Å². The highest BCUT2D eigenvalue weighted by atomic mass is 35.5. The summed E-state index contributed by atoms with van der Waals surface area (Å²) in [5.74, 6) is 0. The van der Waals surface area contributed by atoms with Crippen LogP contribution in [-0.4, -0.2) is 68.5 Å². The molecule has 0 aromatic heterocycles. The Hall–Kier alpha value is 0.0800. The predicted molar refractivity (Wildman–Crippen MR) is 72.2 cm³/mol. The molecular weight excluding hydrogens is 278 g/mol. The number of rotatable bonds is 3. The molecule has 0 radical (unpaired) electrons. The zero-order valence-corrected chi connectivity index (χ0v) is 12.6. The Balaban J connectivity index is 0.00000162. The van der Waals surface area contributed by atoms with Crippen molar-refractivity contribution in [2.75, 3.05) is 33.2 Å². The first-order valence-electron chi connectivity index (χ1n) is 6.00. The Kier molecular flexibility index (Phi) is 5.40. The maximum atomic E-state index is 12.4. The number of likely N-dealkylation sites (N-methyl/N-ethyl adjacent to an activating group) is 1. The second kappa shape index (κ2) is 6.02. The normalized spacial score (nSPS) is 30.9. The van der Waals surface area contributed by atoms with E-state index in [0.29, 0.717) is 13.1 Å². The summed E-state index contributed by atoms with van der Waals surface area (Å²) in [6.07, 6.45) is -0.0807. The molecule has 0 aliphatic carbocycles. The zero-order valence-electron chi connectivity index (χ0n) is 11.0. The van der Waals surface area contributed by atoms with Crippen LogP contribution < -0.4 is 5.32 Å². The Morgan fingerprint density at radius 1 is 1.22 bits per heavy atom. The molecule has 2 atom stereocenters. The van der Waals surface area contributed by atoms with Crippen LogP contribution in [0.4, 0.5) is 0 Å². The maximum absolute atomic E-state index is 12.4. The van der Waals surface area contributed by atoms with Gasteiger partial charge in [0.2, 0.25) is 0 Å². The Bertz CT molecular complexity index is 365. The third-order valence-electron chi connectivity index (χ3n) is 3.35. The Morgan fingerprint density at radius 3 is 2.11 bits per heavy atom. The number of morpholine rings is 1. The van der Waals surface area contributed by atoms with Crippen molar-refractivity contribution in [3.63, 3.8) is 0 Å². The van der Waals surface area contributed by atoms with E-state index in [-0.39, 0.29) is 30.7 Å². The molecule has 0 amide bonds. The number of nitrogens with one attached hydrogen (secondary N) is 1. The van der Waals surface area contributed by atoms with Crippen LogP contribution in [0.2, 0.25) is 0 Å². The van der Waals surface area contributed by atoms with Crippen LogP contribution in [-0.2, 0) is 14.9 Å². The molecule has 2 heterocycles. The standard InChI is InChI=1S/C10H21N3O3S.ClH/c1-8-6-13(7-9(2)16-8)17(14,15)12(3)10-4-11-5-10;/h8-11H,4-7H2,1-3H3;1H. The van der Waals surface area contributed by atoms with Gasteiger partial charge in [-0.15, -0.1) is 12.4 Å². The molecule has 8 heteroatoms. The van der Waals surface area contributed by atoms with Crippen molar-refractivity contribution in [1.29, 1.82) is 0 Å². The van der Waals surface area contributed by atoms with Gasteiger partial charge in [0.25, 0.3) is 10.2 Å². The van der Waals surface area contributed by atoms with Crippen molar-refractivity contribution in [2.24, 2.45) is 0 Å². The van der Waals surface area contributed by atoms with Crippen LogP contribution in [0, 0.1) is 0 Å². The monoisotopic (exact) mass is 299 g/mol. The topological polar surface area (TPSA) is 61.9 Å². The number of halogens is 1. The third kappa shape index (κ3) is 3.15. The summed E-state index contributed by atoms with van der Waals surface area (Å²) in [6, 6.07) is 0.0912. The van der Waals surface area contributed by atoms with Crippen molar-refractivity contribution >= 4 is 22.6 Å². The van der Waals surface area contributed by atoms with Crippen molar-refractivity contribution in [3.8, 4) is 0 Å². The number of hydrogen-bond acceptors (Lipinski definition) is 4. The molecule has 0 aromatic carbocycles. The lowest BCUT2D eigenvalue weighted by molar-refractivity contribution is -0.0457. The van der Waals surface area contributed by atoms with Crippen LogP contribution in [0.5, 0.6) is 0 Å². The van der Waals surface area contributed by atoms with Crippen molar-refractivity contribution in [3.05, 3.63) is 0 Å². The van der Waals surface area contributed by atoms with Gasteiger partial charge in [-0.2, -0.15) is 17.0 Å². The first-order chi connectivity index (χ1) is 7.91. The summed E-state index contributed by atoms with van der Waals surface area (Å²) in [6.45, 7) is 6.18. The van der Waals surface area contributed by atoms with E-state index in [1.165, 1.54) is 8.61 Å². The highest BCUT2D eigenvalue weighted by Crippen LogP contribution is 2.19. The molecule has 18 heavy (non-hydrogen) atoms. The van der Waals surface area contributed by atoms with E-state index in [4.69, 9.17) is 4.74 Å². The first kappa shape index (κ1) is 16.1. The third-order valence-corrected chi connectivity index (χ3v) is 5.33. The molecule has 2 saturated heterocycles. The average molecular weight is 300 g/mol. The van der Waals surface area contributed by atoms with E-state index in [1.54, 1.807) is 7.05 Å². The van der Waals surface area contributed by atoms with Crippen LogP contribution in [0.25, 0.3) is 0 Å². The highest BCUT2D eigenvalue weighted by molar-refractivity contribution is 7.86.